The predicted molar refractivity (Wildman–Crippen MR) is 92.1 cm³/mol. The minimum absolute atomic E-state index is 0.590. The van der Waals surface area contributed by atoms with Crippen molar-refractivity contribution in [3.05, 3.63) is 59.4 Å². The van der Waals surface area contributed by atoms with Crippen molar-refractivity contribution in [1.82, 2.24) is 9.88 Å². The third-order valence-electron chi connectivity index (χ3n) is 4.59. The third-order valence-corrected chi connectivity index (χ3v) is 4.59. The predicted octanol–water partition coefficient (Wildman–Crippen LogP) is 3.77. The van der Waals surface area contributed by atoms with Gasteiger partial charge in [0.15, 0.2) is 0 Å². The molecule has 1 aromatic heterocycles. The molecule has 1 fully saturated rings. The summed E-state index contributed by atoms with van der Waals surface area (Å²) in [6, 6.07) is 11.4. The standard InChI is InChI=1S/C19H25N3/c1-15-5-6-19(12-16(15)2)21-18-7-10-22(11-8-18)14-17-4-3-9-20-13-17/h3-6,9,12-13,18,21H,7-8,10-11,14H2,1-2H3. The first kappa shape index (κ1) is 15.0. The molecule has 0 unspecified atom stereocenters. The average molecular weight is 295 g/mol. The van der Waals surface area contributed by atoms with E-state index in [0.717, 1.165) is 19.6 Å². The van der Waals surface area contributed by atoms with Gasteiger partial charge in [-0.2, -0.15) is 0 Å². The number of nitrogens with zero attached hydrogens (tertiary/aromatic N) is 2. The molecule has 0 atom stereocenters. The summed E-state index contributed by atoms with van der Waals surface area (Å²) in [7, 11) is 0. The molecule has 0 bridgehead atoms. The molecule has 2 heterocycles. The molecule has 0 aliphatic carbocycles. The maximum atomic E-state index is 4.20. The number of aryl methyl sites for hydroxylation is 2. The Morgan fingerprint density at radius 3 is 2.64 bits per heavy atom. The smallest absolute Gasteiger partial charge is 0.0345 e. The van der Waals surface area contributed by atoms with Crippen molar-refractivity contribution in [2.24, 2.45) is 0 Å². The van der Waals surface area contributed by atoms with Crippen molar-refractivity contribution < 1.29 is 0 Å². The first-order valence-corrected chi connectivity index (χ1v) is 8.16. The Bertz CT molecular complexity index is 601. The van der Waals surface area contributed by atoms with Crippen LogP contribution in [0.15, 0.2) is 42.7 Å². The summed E-state index contributed by atoms with van der Waals surface area (Å²) in [4.78, 5) is 6.72. The van der Waals surface area contributed by atoms with Gasteiger partial charge >= 0.3 is 0 Å². The first-order chi connectivity index (χ1) is 10.7. The topological polar surface area (TPSA) is 28.2 Å². The second-order valence-electron chi connectivity index (χ2n) is 6.36. The van der Waals surface area contributed by atoms with Crippen LogP contribution in [0, 0.1) is 13.8 Å². The monoisotopic (exact) mass is 295 g/mol. The number of hydrogen-bond acceptors (Lipinski definition) is 3. The molecule has 2 aromatic rings. The summed E-state index contributed by atoms with van der Waals surface area (Å²) in [5.74, 6) is 0. The van der Waals surface area contributed by atoms with Gasteiger partial charge in [-0.3, -0.25) is 9.88 Å². The van der Waals surface area contributed by atoms with Gasteiger partial charge in [0.05, 0.1) is 0 Å². The van der Waals surface area contributed by atoms with Crippen molar-refractivity contribution >= 4 is 5.69 Å². The minimum atomic E-state index is 0.590. The molecule has 0 spiro atoms. The molecule has 0 amide bonds. The normalized spacial score (nSPS) is 16.6. The fraction of sp³-hybridized carbons (Fsp3) is 0.421. The van der Waals surface area contributed by atoms with Crippen molar-refractivity contribution in [3.8, 4) is 0 Å². The third kappa shape index (κ3) is 3.86. The van der Waals surface area contributed by atoms with E-state index in [2.05, 4.69) is 53.3 Å². The van der Waals surface area contributed by atoms with Crippen LogP contribution in [0.5, 0.6) is 0 Å². The fourth-order valence-electron chi connectivity index (χ4n) is 3.05. The SMILES string of the molecule is Cc1ccc(NC2CCN(Cc3cccnc3)CC2)cc1C. The lowest BCUT2D eigenvalue weighted by Crippen LogP contribution is -2.38. The van der Waals surface area contributed by atoms with Gasteiger partial charge < -0.3 is 5.32 Å². The second kappa shape index (κ2) is 6.93. The van der Waals surface area contributed by atoms with Crippen LogP contribution in [0.3, 0.4) is 0 Å². The van der Waals surface area contributed by atoms with Crippen molar-refractivity contribution in [2.75, 3.05) is 18.4 Å². The Balaban J connectivity index is 1.50. The summed E-state index contributed by atoms with van der Waals surface area (Å²) >= 11 is 0. The summed E-state index contributed by atoms with van der Waals surface area (Å²) in [6.45, 7) is 7.66. The van der Waals surface area contributed by atoms with Gasteiger partial charge in [0.2, 0.25) is 0 Å². The number of hydrogen-bond donors (Lipinski definition) is 1. The number of likely N-dealkylation sites (tertiary alicyclic amines) is 1. The fourth-order valence-corrected chi connectivity index (χ4v) is 3.05. The van der Waals surface area contributed by atoms with E-state index in [1.54, 1.807) is 0 Å². The molecule has 1 N–H and O–H groups in total. The number of aromatic nitrogens is 1. The van der Waals surface area contributed by atoms with E-state index in [4.69, 9.17) is 0 Å². The molecule has 116 valence electrons. The van der Waals surface area contributed by atoms with E-state index >= 15 is 0 Å². The Hall–Kier alpha value is -1.87. The molecule has 1 aliphatic rings. The number of anilines is 1. The van der Waals surface area contributed by atoms with Gasteiger partial charge in [0, 0.05) is 43.8 Å². The molecular formula is C19H25N3. The van der Waals surface area contributed by atoms with Gasteiger partial charge in [-0.15, -0.1) is 0 Å². The van der Waals surface area contributed by atoms with Crippen molar-refractivity contribution in [3.63, 3.8) is 0 Å². The van der Waals surface area contributed by atoms with Crippen LogP contribution in [0.1, 0.15) is 29.5 Å². The van der Waals surface area contributed by atoms with E-state index in [1.165, 1.54) is 35.2 Å². The Kier molecular flexibility index (Phi) is 4.74. The van der Waals surface area contributed by atoms with Crippen molar-refractivity contribution in [2.45, 2.75) is 39.3 Å². The zero-order valence-corrected chi connectivity index (χ0v) is 13.5. The van der Waals surface area contributed by atoms with Gasteiger partial charge in [-0.25, -0.2) is 0 Å². The van der Waals surface area contributed by atoms with Crippen LogP contribution in [0.4, 0.5) is 5.69 Å². The summed E-state index contributed by atoms with van der Waals surface area (Å²) in [6.07, 6.45) is 6.21. The molecule has 3 nitrogen and oxygen atoms in total. The highest BCUT2D eigenvalue weighted by molar-refractivity contribution is 5.48. The number of pyridine rings is 1. The summed E-state index contributed by atoms with van der Waals surface area (Å²) in [5.41, 5.74) is 5.28. The van der Waals surface area contributed by atoms with Gasteiger partial charge in [-0.05, 0) is 61.6 Å². The second-order valence-corrected chi connectivity index (χ2v) is 6.36. The number of benzene rings is 1. The lowest BCUT2D eigenvalue weighted by molar-refractivity contribution is 0.211. The maximum absolute atomic E-state index is 4.20. The van der Waals surface area contributed by atoms with Crippen LogP contribution in [0.2, 0.25) is 0 Å². The van der Waals surface area contributed by atoms with Crippen LogP contribution in [-0.2, 0) is 6.54 Å². The average Bonchev–Trinajstić information content (AvgIpc) is 2.54. The lowest BCUT2D eigenvalue weighted by Gasteiger charge is -2.33. The van der Waals surface area contributed by atoms with Gasteiger partial charge in [0.25, 0.3) is 0 Å². The van der Waals surface area contributed by atoms with Gasteiger partial charge in [0.1, 0.15) is 0 Å². The molecule has 1 aromatic carbocycles. The van der Waals surface area contributed by atoms with Crippen LogP contribution in [0.25, 0.3) is 0 Å². The van der Waals surface area contributed by atoms with Crippen LogP contribution in [-0.4, -0.2) is 29.0 Å². The first-order valence-electron chi connectivity index (χ1n) is 8.16. The molecule has 3 heteroatoms. The molecule has 0 saturated carbocycles. The van der Waals surface area contributed by atoms with E-state index in [9.17, 15) is 0 Å². The number of rotatable bonds is 4. The Morgan fingerprint density at radius 1 is 1.14 bits per heavy atom. The lowest BCUT2D eigenvalue weighted by atomic mass is 10.0. The number of piperidine rings is 1. The molecule has 22 heavy (non-hydrogen) atoms. The van der Waals surface area contributed by atoms with E-state index in [1.807, 2.05) is 18.5 Å². The Morgan fingerprint density at radius 2 is 1.95 bits per heavy atom. The van der Waals surface area contributed by atoms with Crippen molar-refractivity contribution in [1.29, 1.82) is 0 Å². The zero-order chi connectivity index (χ0) is 15.4. The summed E-state index contributed by atoms with van der Waals surface area (Å²) in [5, 5.41) is 3.69. The molecule has 1 saturated heterocycles. The Labute approximate surface area is 133 Å². The van der Waals surface area contributed by atoms with E-state index < -0.39 is 0 Å². The largest absolute Gasteiger partial charge is 0.382 e. The highest BCUT2D eigenvalue weighted by atomic mass is 15.1. The summed E-state index contributed by atoms with van der Waals surface area (Å²) < 4.78 is 0. The van der Waals surface area contributed by atoms with Crippen LogP contribution < -0.4 is 5.32 Å². The van der Waals surface area contributed by atoms with Crippen LogP contribution >= 0.6 is 0 Å². The number of nitrogens with one attached hydrogen (secondary N) is 1. The quantitative estimate of drug-likeness (QED) is 0.930. The molecule has 3 rings (SSSR count). The van der Waals surface area contributed by atoms with E-state index in [-0.39, 0.29) is 0 Å². The van der Waals surface area contributed by atoms with Gasteiger partial charge in [-0.1, -0.05) is 12.1 Å². The minimum Gasteiger partial charge on any atom is -0.382 e. The zero-order valence-electron chi connectivity index (χ0n) is 13.5. The molecule has 1 aliphatic heterocycles. The highest BCUT2D eigenvalue weighted by Gasteiger charge is 2.19. The van der Waals surface area contributed by atoms with E-state index in [0.29, 0.717) is 6.04 Å². The highest BCUT2D eigenvalue weighted by Crippen LogP contribution is 2.20. The molecular weight excluding hydrogens is 270 g/mol. The molecule has 0 radical (unpaired) electrons. The maximum Gasteiger partial charge on any atom is 0.0345 e.